The molecule has 0 heterocycles. The van der Waals surface area contributed by atoms with E-state index in [9.17, 15) is 4.39 Å². The smallest absolute Gasteiger partial charge is 0.161 e. The van der Waals surface area contributed by atoms with E-state index in [2.05, 4.69) is 5.43 Å². The largest absolute Gasteiger partial charge is 0.493 e. The van der Waals surface area contributed by atoms with Crippen LogP contribution in [0.3, 0.4) is 0 Å². The molecule has 0 saturated carbocycles. The molecule has 0 spiro atoms. The fourth-order valence-corrected chi connectivity index (χ4v) is 2.85. The minimum Gasteiger partial charge on any atom is -0.493 e. The van der Waals surface area contributed by atoms with Crippen molar-refractivity contribution < 1.29 is 13.9 Å². The van der Waals surface area contributed by atoms with Gasteiger partial charge in [0.15, 0.2) is 11.5 Å². The molecule has 4 nitrogen and oxygen atoms in total. The van der Waals surface area contributed by atoms with Gasteiger partial charge in [-0.05, 0) is 48.0 Å². The molecule has 3 aromatic carbocycles. The quantitative estimate of drug-likeness (QED) is 0.541. The molecule has 3 rings (SSSR count). The first-order valence-corrected chi connectivity index (χ1v) is 8.73. The first kappa shape index (κ1) is 18.9. The van der Waals surface area contributed by atoms with Crippen molar-refractivity contribution in [3.8, 4) is 11.5 Å². The lowest BCUT2D eigenvalue weighted by molar-refractivity contribution is 0.354. The van der Waals surface area contributed by atoms with Gasteiger partial charge < -0.3 is 9.47 Å². The Balaban J connectivity index is 1.93. The Morgan fingerprint density at radius 1 is 0.926 bits per heavy atom. The van der Waals surface area contributed by atoms with Gasteiger partial charge in [0.05, 0.1) is 37.2 Å². The van der Waals surface area contributed by atoms with Gasteiger partial charge in [-0.15, -0.1) is 0 Å². The van der Waals surface area contributed by atoms with Crippen molar-refractivity contribution in [3.05, 3.63) is 83.1 Å². The predicted octanol–water partition coefficient (Wildman–Crippen LogP) is 5.53. The third-order valence-electron chi connectivity index (χ3n) is 4.04. The van der Waals surface area contributed by atoms with Crippen molar-refractivity contribution in [1.82, 2.24) is 0 Å². The molecule has 27 heavy (non-hydrogen) atoms. The molecule has 6 heteroatoms. The van der Waals surface area contributed by atoms with Crippen molar-refractivity contribution in [2.24, 2.45) is 0 Å². The molecule has 0 atom stereocenters. The van der Waals surface area contributed by atoms with Crippen LogP contribution in [-0.2, 0) is 6.54 Å². The average molecular weight is 387 g/mol. The second-order valence-electron chi connectivity index (χ2n) is 5.85. The summed E-state index contributed by atoms with van der Waals surface area (Å²) in [6.45, 7) is 0.497. The summed E-state index contributed by atoms with van der Waals surface area (Å²) in [5.41, 5.74) is 5.96. The maximum Gasteiger partial charge on any atom is 0.161 e. The second-order valence-corrected chi connectivity index (χ2v) is 6.26. The molecule has 140 valence electrons. The summed E-state index contributed by atoms with van der Waals surface area (Å²) < 4.78 is 24.3. The first-order chi connectivity index (χ1) is 13.1. The van der Waals surface area contributed by atoms with E-state index in [1.54, 1.807) is 26.4 Å². The third-order valence-corrected chi connectivity index (χ3v) is 4.33. The van der Waals surface area contributed by atoms with Crippen molar-refractivity contribution in [1.29, 1.82) is 0 Å². The molecule has 0 aromatic heterocycles. The van der Waals surface area contributed by atoms with Gasteiger partial charge in [-0.25, -0.2) is 4.39 Å². The van der Waals surface area contributed by atoms with Crippen LogP contribution in [0, 0.1) is 5.82 Å². The summed E-state index contributed by atoms with van der Waals surface area (Å²) in [5.74, 6) is 0.853. The lowest BCUT2D eigenvalue weighted by atomic mass is 10.2. The SMILES string of the molecule is COc1ccc(CN(Nc2ccccc2)c2ccc(F)c(Cl)c2)cc1OC. The zero-order chi connectivity index (χ0) is 19.2. The Hall–Kier alpha value is -2.92. The lowest BCUT2D eigenvalue weighted by Crippen LogP contribution is -2.29. The maximum atomic E-state index is 13.6. The van der Waals surface area contributed by atoms with Gasteiger partial charge in [-0.3, -0.25) is 10.4 Å². The normalized spacial score (nSPS) is 10.4. The van der Waals surface area contributed by atoms with E-state index in [1.807, 2.05) is 53.5 Å². The average Bonchev–Trinajstić information content (AvgIpc) is 2.70. The molecule has 0 bridgehead atoms. The Bertz CT molecular complexity index is 906. The van der Waals surface area contributed by atoms with Crippen LogP contribution < -0.4 is 19.9 Å². The standard InChI is InChI=1S/C21H20ClFN2O2/c1-26-20-11-8-15(12-21(20)27-2)14-25(24-16-6-4-3-5-7-16)17-9-10-19(23)18(22)13-17/h3-13,24H,14H2,1-2H3. The van der Waals surface area contributed by atoms with E-state index in [0.717, 1.165) is 16.9 Å². The number of anilines is 2. The Labute approximate surface area is 163 Å². The van der Waals surface area contributed by atoms with E-state index in [0.29, 0.717) is 18.0 Å². The van der Waals surface area contributed by atoms with Gasteiger partial charge in [0, 0.05) is 0 Å². The Morgan fingerprint density at radius 2 is 1.67 bits per heavy atom. The van der Waals surface area contributed by atoms with Crippen LogP contribution in [0.1, 0.15) is 5.56 Å². The zero-order valence-electron chi connectivity index (χ0n) is 15.1. The molecule has 0 fully saturated rings. The number of methoxy groups -OCH3 is 2. The number of hydrogen-bond acceptors (Lipinski definition) is 4. The molecule has 0 aliphatic carbocycles. The van der Waals surface area contributed by atoms with Gasteiger partial charge in [-0.1, -0.05) is 35.9 Å². The lowest BCUT2D eigenvalue weighted by Gasteiger charge is -2.27. The molecule has 0 aliphatic rings. The summed E-state index contributed by atoms with van der Waals surface area (Å²) in [6.07, 6.45) is 0. The van der Waals surface area contributed by atoms with E-state index in [1.165, 1.54) is 6.07 Å². The minimum atomic E-state index is -0.453. The van der Waals surface area contributed by atoms with Crippen molar-refractivity contribution in [3.63, 3.8) is 0 Å². The second kappa shape index (κ2) is 8.64. The molecule has 0 amide bonds. The fraction of sp³-hybridized carbons (Fsp3) is 0.143. The van der Waals surface area contributed by atoms with Crippen molar-refractivity contribution >= 4 is 23.0 Å². The summed E-state index contributed by atoms with van der Waals surface area (Å²) in [4.78, 5) is 0. The van der Waals surface area contributed by atoms with Gasteiger partial charge in [0.1, 0.15) is 5.82 Å². The molecule has 0 radical (unpaired) electrons. The topological polar surface area (TPSA) is 33.7 Å². The van der Waals surface area contributed by atoms with Gasteiger partial charge in [0.2, 0.25) is 0 Å². The number of nitrogens with one attached hydrogen (secondary N) is 1. The number of rotatable bonds is 7. The summed E-state index contributed by atoms with van der Waals surface area (Å²) in [7, 11) is 3.20. The fourth-order valence-electron chi connectivity index (χ4n) is 2.68. The highest BCUT2D eigenvalue weighted by Crippen LogP contribution is 2.30. The maximum absolute atomic E-state index is 13.6. The molecular weight excluding hydrogens is 367 g/mol. The highest BCUT2D eigenvalue weighted by molar-refractivity contribution is 6.31. The number of ether oxygens (including phenoxy) is 2. The predicted molar refractivity (Wildman–Crippen MR) is 107 cm³/mol. The highest BCUT2D eigenvalue weighted by atomic mass is 35.5. The van der Waals surface area contributed by atoms with Crippen LogP contribution >= 0.6 is 11.6 Å². The van der Waals surface area contributed by atoms with E-state index in [4.69, 9.17) is 21.1 Å². The van der Waals surface area contributed by atoms with Crippen LogP contribution in [-0.4, -0.2) is 14.2 Å². The van der Waals surface area contributed by atoms with Crippen LogP contribution in [0.25, 0.3) is 0 Å². The monoisotopic (exact) mass is 386 g/mol. The number of hydrazine groups is 1. The number of halogens is 2. The van der Waals surface area contributed by atoms with Crippen molar-refractivity contribution in [2.75, 3.05) is 24.7 Å². The zero-order valence-corrected chi connectivity index (χ0v) is 15.8. The summed E-state index contributed by atoms with van der Waals surface area (Å²) >= 11 is 5.99. The summed E-state index contributed by atoms with van der Waals surface area (Å²) in [5, 5.41) is 1.96. The molecule has 0 saturated heterocycles. The van der Waals surface area contributed by atoms with Crippen LogP contribution in [0.15, 0.2) is 66.7 Å². The molecular formula is C21H20ClFN2O2. The summed E-state index contributed by atoms with van der Waals surface area (Å²) in [6, 6.07) is 20.1. The Kier molecular flexibility index (Phi) is 6.04. The number of para-hydroxylation sites is 1. The molecule has 0 aliphatic heterocycles. The minimum absolute atomic E-state index is 0.0691. The van der Waals surface area contributed by atoms with Crippen LogP contribution in [0.4, 0.5) is 15.8 Å². The van der Waals surface area contributed by atoms with Crippen LogP contribution in [0.2, 0.25) is 5.02 Å². The third kappa shape index (κ3) is 4.63. The van der Waals surface area contributed by atoms with E-state index >= 15 is 0 Å². The number of hydrogen-bond donors (Lipinski definition) is 1. The van der Waals surface area contributed by atoms with Gasteiger partial charge in [-0.2, -0.15) is 0 Å². The molecule has 1 N–H and O–H groups in total. The first-order valence-electron chi connectivity index (χ1n) is 8.36. The number of nitrogens with zero attached hydrogens (tertiary/aromatic N) is 1. The van der Waals surface area contributed by atoms with Gasteiger partial charge >= 0.3 is 0 Å². The Morgan fingerprint density at radius 3 is 2.33 bits per heavy atom. The molecule has 3 aromatic rings. The molecule has 0 unspecified atom stereocenters. The van der Waals surface area contributed by atoms with Crippen LogP contribution in [0.5, 0.6) is 11.5 Å². The highest BCUT2D eigenvalue weighted by Gasteiger charge is 2.12. The van der Waals surface area contributed by atoms with E-state index < -0.39 is 5.82 Å². The van der Waals surface area contributed by atoms with Gasteiger partial charge in [0.25, 0.3) is 0 Å². The van der Waals surface area contributed by atoms with E-state index in [-0.39, 0.29) is 5.02 Å². The van der Waals surface area contributed by atoms with Crippen molar-refractivity contribution in [2.45, 2.75) is 6.54 Å². The number of benzene rings is 3.